The molecule has 0 radical (unpaired) electrons. The van der Waals surface area contributed by atoms with Crippen LogP contribution in [0.4, 0.5) is 10.6 Å². The third-order valence-corrected chi connectivity index (χ3v) is 3.36. The number of rotatable bonds is 2. The summed E-state index contributed by atoms with van der Waals surface area (Å²) in [5.41, 5.74) is 0. The molecule has 0 atom stereocenters. The van der Waals surface area contributed by atoms with Gasteiger partial charge in [0.1, 0.15) is 11.6 Å². The van der Waals surface area contributed by atoms with E-state index in [1.54, 1.807) is 35.6 Å². The van der Waals surface area contributed by atoms with Gasteiger partial charge >= 0.3 is 6.09 Å². The number of para-hydroxylation sites is 1. The zero-order valence-corrected chi connectivity index (χ0v) is 11.6. The predicted octanol–water partition coefficient (Wildman–Crippen LogP) is 1.80. The molecule has 1 aliphatic heterocycles. The fourth-order valence-corrected chi connectivity index (χ4v) is 2.23. The summed E-state index contributed by atoms with van der Waals surface area (Å²) in [4.78, 5) is 24.2. The Labute approximate surface area is 123 Å². The largest absolute Gasteiger partial charge is 0.415 e. The molecule has 0 spiro atoms. The van der Waals surface area contributed by atoms with Gasteiger partial charge in [0.25, 0.3) is 0 Å². The molecule has 3 rings (SSSR count). The Morgan fingerprint density at radius 1 is 1.05 bits per heavy atom. The minimum absolute atomic E-state index is 0.306. The second-order valence-electron chi connectivity index (χ2n) is 4.72. The van der Waals surface area contributed by atoms with Crippen LogP contribution in [0.25, 0.3) is 0 Å². The molecule has 1 aromatic heterocycles. The summed E-state index contributed by atoms with van der Waals surface area (Å²) in [6.07, 6.45) is 4.75. The highest BCUT2D eigenvalue weighted by molar-refractivity contribution is 5.71. The van der Waals surface area contributed by atoms with Crippen molar-refractivity contribution in [2.45, 2.75) is 0 Å². The zero-order chi connectivity index (χ0) is 14.5. The third-order valence-electron chi connectivity index (χ3n) is 3.36. The minimum Gasteiger partial charge on any atom is -0.410 e. The van der Waals surface area contributed by atoms with Gasteiger partial charge < -0.3 is 14.5 Å². The van der Waals surface area contributed by atoms with Crippen molar-refractivity contribution in [2.75, 3.05) is 31.1 Å². The third kappa shape index (κ3) is 3.28. The molecule has 1 fully saturated rings. The molecular formula is C15H16N4O2. The number of hydrogen-bond acceptors (Lipinski definition) is 5. The van der Waals surface area contributed by atoms with Gasteiger partial charge in [0, 0.05) is 38.6 Å². The number of piperazine rings is 1. The van der Waals surface area contributed by atoms with Crippen LogP contribution in [-0.4, -0.2) is 47.1 Å². The van der Waals surface area contributed by atoms with Gasteiger partial charge in [-0.25, -0.2) is 9.78 Å². The van der Waals surface area contributed by atoms with Gasteiger partial charge in [-0.2, -0.15) is 0 Å². The molecule has 0 N–H and O–H groups in total. The van der Waals surface area contributed by atoms with Crippen LogP contribution in [0.5, 0.6) is 5.75 Å². The number of carbonyl (C=O) groups excluding carboxylic acids is 1. The average Bonchev–Trinajstić information content (AvgIpc) is 2.57. The molecule has 1 amide bonds. The molecular weight excluding hydrogens is 268 g/mol. The summed E-state index contributed by atoms with van der Waals surface area (Å²) >= 11 is 0. The Kier molecular flexibility index (Phi) is 3.95. The Balaban J connectivity index is 1.55. The van der Waals surface area contributed by atoms with Gasteiger partial charge in [0.15, 0.2) is 0 Å². The fraction of sp³-hybridized carbons (Fsp3) is 0.267. The predicted molar refractivity (Wildman–Crippen MR) is 78.3 cm³/mol. The van der Waals surface area contributed by atoms with Crippen LogP contribution in [0.1, 0.15) is 0 Å². The molecule has 1 aromatic carbocycles. The van der Waals surface area contributed by atoms with Crippen molar-refractivity contribution < 1.29 is 9.53 Å². The molecule has 2 aromatic rings. The second-order valence-corrected chi connectivity index (χ2v) is 4.72. The maximum Gasteiger partial charge on any atom is 0.415 e. The summed E-state index contributed by atoms with van der Waals surface area (Å²) in [6, 6.07) is 9.11. The summed E-state index contributed by atoms with van der Waals surface area (Å²) in [5.74, 6) is 1.41. The van der Waals surface area contributed by atoms with Crippen molar-refractivity contribution in [3.05, 3.63) is 48.9 Å². The Hall–Kier alpha value is -2.63. The molecule has 1 saturated heterocycles. The van der Waals surface area contributed by atoms with Crippen LogP contribution in [0, 0.1) is 0 Å². The van der Waals surface area contributed by atoms with Crippen LogP contribution < -0.4 is 9.64 Å². The van der Waals surface area contributed by atoms with Gasteiger partial charge in [-0.05, 0) is 12.1 Å². The molecule has 6 nitrogen and oxygen atoms in total. The fourth-order valence-electron chi connectivity index (χ4n) is 2.23. The number of nitrogens with zero attached hydrogens (tertiary/aromatic N) is 4. The van der Waals surface area contributed by atoms with Crippen molar-refractivity contribution in [2.24, 2.45) is 0 Å². The number of anilines is 1. The number of benzene rings is 1. The molecule has 108 valence electrons. The molecule has 0 aliphatic carbocycles. The van der Waals surface area contributed by atoms with Crippen LogP contribution in [0.3, 0.4) is 0 Å². The van der Waals surface area contributed by atoms with Gasteiger partial charge in [0.2, 0.25) is 0 Å². The van der Waals surface area contributed by atoms with E-state index in [0.717, 1.165) is 18.9 Å². The maximum absolute atomic E-state index is 12.1. The zero-order valence-electron chi connectivity index (χ0n) is 11.6. The minimum atomic E-state index is -0.306. The first kappa shape index (κ1) is 13.4. The molecule has 21 heavy (non-hydrogen) atoms. The van der Waals surface area contributed by atoms with Crippen molar-refractivity contribution in [1.29, 1.82) is 0 Å². The number of amides is 1. The van der Waals surface area contributed by atoms with Gasteiger partial charge in [-0.1, -0.05) is 18.2 Å². The van der Waals surface area contributed by atoms with E-state index in [0.29, 0.717) is 18.8 Å². The number of hydrogen-bond donors (Lipinski definition) is 0. The monoisotopic (exact) mass is 284 g/mol. The summed E-state index contributed by atoms with van der Waals surface area (Å²) in [6.45, 7) is 2.68. The van der Waals surface area contributed by atoms with Crippen LogP contribution in [0.15, 0.2) is 48.9 Å². The second kappa shape index (κ2) is 6.21. The normalized spacial score (nSPS) is 14.9. The Bertz CT molecular complexity index is 583. The smallest absolute Gasteiger partial charge is 0.410 e. The molecule has 0 saturated carbocycles. The van der Waals surface area contributed by atoms with Crippen molar-refractivity contribution in [3.8, 4) is 5.75 Å². The van der Waals surface area contributed by atoms with E-state index in [2.05, 4.69) is 14.9 Å². The van der Waals surface area contributed by atoms with Crippen molar-refractivity contribution in [1.82, 2.24) is 14.9 Å². The van der Waals surface area contributed by atoms with Crippen molar-refractivity contribution >= 4 is 11.9 Å². The molecule has 1 aliphatic rings. The average molecular weight is 284 g/mol. The molecule has 6 heteroatoms. The van der Waals surface area contributed by atoms with Gasteiger partial charge in [-0.3, -0.25) is 4.98 Å². The van der Waals surface area contributed by atoms with E-state index in [9.17, 15) is 4.79 Å². The summed E-state index contributed by atoms with van der Waals surface area (Å²) in [5, 5.41) is 0. The van der Waals surface area contributed by atoms with Crippen molar-refractivity contribution in [3.63, 3.8) is 0 Å². The SMILES string of the molecule is O=C(Oc1ccccc1)N1CCN(c2cnccn2)CC1. The lowest BCUT2D eigenvalue weighted by Gasteiger charge is -2.34. The van der Waals surface area contributed by atoms with Gasteiger partial charge in [0.05, 0.1) is 6.20 Å². The lowest BCUT2D eigenvalue weighted by Crippen LogP contribution is -2.49. The first-order valence-electron chi connectivity index (χ1n) is 6.86. The Morgan fingerprint density at radius 3 is 2.48 bits per heavy atom. The van der Waals surface area contributed by atoms with E-state index >= 15 is 0 Å². The van der Waals surface area contributed by atoms with E-state index in [1.807, 2.05) is 18.2 Å². The van der Waals surface area contributed by atoms with E-state index in [-0.39, 0.29) is 6.09 Å². The summed E-state index contributed by atoms with van der Waals surface area (Å²) < 4.78 is 5.34. The quantitative estimate of drug-likeness (QED) is 0.841. The standard InChI is InChI=1S/C15H16N4O2/c20-15(21-13-4-2-1-3-5-13)19-10-8-18(9-11-19)14-12-16-6-7-17-14/h1-7,12H,8-11H2. The molecule has 0 bridgehead atoms. The van der Waals surface area contributed by atoms with Crippen LogP contribution in [0.2, 0.25) is 0 Å². The van der Waals surface area contributed by atoms with E-state index in [4.69, 9.17) is 4.74 Å². The maximum atomic E-state index is 12.1. The molecule has 2 heterocycles. The highest BCUT2D eigenvalue weighted by Gasteiger charge is 2.23. The van der Waals surface area contributed by atoms with Crippen LogP contribution >= 0.6 is 0 Å². The van der Waals surface area contributed by atoms with E-state index in [1.165, 1.54) is 0 Å². The topological polar surface area (TPSA) is 58.6 Å². The molecule has 0 unspecified atom stereocenters. The number of ether oxygens (including phenoxy) is 1. The van der Waals surface area contributed by atoms with Gasteiger partial charge in [-0.15, -0.1) is 0 Å². The highest BCUT2D eigenvalue weighted by Crippen LogP contribution is 2.14. The lowest BCUT2D eigenvalue weighted by atomic mass is 10.3. The van der Waals surface area contributed by atoms with E-state index < -0.39 is 0 Å². The Morgan fingerprint density at radius 2 is 1.81 bits per heavy atom. The number of aromatic nitrogens is 2. The first-order valence-corrected chi connectivity index (χ1v) is 6.86. The lowest BCUT2D eigenvalue weighted by molar-refractivity contribution is 0.149. The van der Waals surface area contributed by atoms with Crippen LogP contribution in [-0.2, 0) is 0 Å². The highest BCUT2D eigenvalue weighted by atomic mass is 16.6. The summed E-state index contributed by atoms with van der Waals surface area (Å²) in [7, 11) is 0. The first-order chi connectivity index (χ1) is 10.3. The number of carbonyl (C=O) groups is 1.